The number of hydrogen-bond donors (Lipinski definition) is 2. The maximum absolute atomic E-state index is 11.8. The van der Waals surface area contributed by atoms with Crippen LogP contribution in [0.4, 0.5) is 5.69 Å². The highest BCUT2D eigenvalue weighted by Gasteiger charge is 2.17. The van der Waals surface area contributed by atoms with Gasteiger partial charge in [0.1, 0.15) is 4.47 Å². The molecule has 0 bridgehead atoms. The number of aromatic nitrogens is 2. The number of aliphatic hydroxyl groups is 1. The SMILES string of the molecule is CCn1ncc(NCC(O)CC(C)(C)C)c(Br)c1=O. The smallest absolute Gasteiger partial charge is 0.283 e. The first-order chi connectivity index (χ1) is 8.74. The number of aliphatic hydroxyl groups excluding tert-OH is 1. The van der Waals surface area contributed by atoms with Gasteiger partial charge in [0.15, 0.2) is 0 Å². The number of rotatable bonds is 5. The maximum Gasteiger partial charge on any atom is 0.283 e. The summed E-state index contributed by atoms with van der Waals surface area (Å²) in [6.07, 6.45) is 1.83. The summed E-state index contributed by atoms with van der Waals surface area (Å²) in [6, 6.07) is 0. The minimum Gasteiger partial charge on any atom is -0.391 e. The van der Waals surface area contributed by atoms with Crippen LogP contribution in [0.15, 0.2) is 15.5 Å². The number of nitrogens with one attached hydrogen (secondary N) is 1. The maximum atomic E-state index is 11.8. The third kappa shape index (κ3) is 4.95. The zero-order valence-corrected chi connectivity index (χ0v) is 13.5. The van der Waals surface area contributed by atoms with Gasteiger partial charge >= 0.3 is 0 Å². The van der Waals surface area contributed by atoms with Gasteiger partial charge < -0.3 is 10.4 Å². The van der Waals surface area contributed by atoms with Crippen molar-refractivity contribution in [1.82, 2.24) is 9.78 Å². The van der Waals surface area contributed by atoms with Crippen molar-refractivity contribution in [3.63, 3.8) is 0 Å². The van der Waals surface area contributed by atoms with Crippen LogP contribution in [0.3, 0.4) is 0 Å². The van der Waals surface area contributed by atoms with Crippen molar-refractivity contribution in [1.29, 1.82) is 0 Å². The van der Waals surface area contributed by atoms with Crippen LogP contribution in [0.5, 0.6) is 0 Å². The summed E-state index contributed by atoms with van der Waals surface area (Å²) in [5.74, 6) is 0. The van der Waals surface area contributed by atoms with Gasteiger partial charge in [-0.15, -0.1) is 0 Å². The fraction of sp³-hybridized carbons (Fsp3) is 0.692. The Kier molecular flexibility index (Phi) is 5.55. The quantitative estimate of drug-likeness (QED) is 0.868. The molecular formula is C13H22BrN3O2. The molecule has 0 spiro atoms. The number of hydrogen-bond acceptors (Lipinski definition) is 4. The molecular weight excluding hydrogens is 310 g/mol. The molecule has 0 saturated heterocycles. The highest BCUT2D eigenvalue weighted by Crippen LogP contribution is 2.21. The lowest BCUT2D eigenvalue weighted by Crippen LogP contribution is -2.27. The van der Waals surface area contributed by atoms with Crippen molar-refractivity contribution in [2.24, 2.45) is 5.41 Å². The average molecular weight is 332 g/mol. The van der Waals surface area contributed by atoms with Gasteiger partial charge in [0, 0.05) is 13.1 Å². The van der Waals surface area contributed by atoms with E-state index in [4.69, 9.17) is 0 Å². The van der Waals surface area contributed by atoms with Crippen LogP contribution >= 0.6 is 15.9 Å². The summed E-state index contributed by atoms with van der Waals surface area (Å²) in [5.41, 5.74) is 0.517. The van der Waals surface area contributed by atoms with E-state index in [9.17, 15) is 9.90 Å². The van der Waals surface area contributed by atoms with E-state index in [1.807, 2.05) is 6.92 Å². The molecule has 1 atom stereocenters. The predicted molar refractivity (Wildman–Crippen MR) is 80.4 cm³/mol. The van der Waals surface area contributed by atoms with Crippen LogP contribution < -0.4 is 10.9 Å². The van der Waals surface area contributed by atoms with E-state index < -0.39 is 6.10 Å². The summed E-state index contributed by atoms with van der Waals surface area (Å²) in [7, 11) is 0. The normalized spacial score (nSPS) is 13.4. The number of nitrogens with zero attached hydrogens (tertiary/aromatic N) is 2. The molecule has 2 N–H and O–H groups in total. The minimum atomic E-state index is -0.458. The van der Waals surface area contributed by atoms with E-state index in [1.165, 1.54) is 4.68 Å². The van der Waals surface area contributed by atoms with E-state index in [0.29, 0.717) is 29.7 Å². The van der Waals surface area contributed by atoms with Crippen LogP contribution in [0.2, 0.25) is 0 Å². The van der Waals surface area contributed by atoms with Crippen molar-refractivity contribution < 1.29 is 5.11 Å². The molecule has 0 saturated carbocycles. The van der Waals surface area contributed by atoms with Crippen molar-refractivity contribution in [2.45, 2.75) is 46.8 Å². The number of halogens is 1. The van der Waals surface area contributed by atoms with Gasteiger partial charge in [0.05, 0.1) is 18.0 Å². The van der Waals surface area contributed by atoms with Crippen LogP contribution in [0.25, 0.3) is 0 Å². The Morgan fingerprint density at radius 2 is 2.16 bits per heavy atom. The molecule has 0 fully saturated rings. The molecule has 6 heteroatoms. The molecule has 0 aliphatic carbocycles. The highest BCUT2D eigenvalue weighted by atomic mass is 79.9. The highest BCUT2D eigenvalue weighted by molar-refractivity contribution is 9.10. The molecule has 0 amide bonds. The molecule has 1 aromatic heterocycles. The Hall–Kier alpha value is -0.880. The summed E-state index contributed by atoms with van der Waals surface area (Å²) in [6.45, 7) is 9.03. The third-order valence-corrected chi connectivity index (χ3v) is 3.43. The van der Waals surface area contributed by atoms with Gasteiger partial charge in [-0.3, -0.25) is 4.79 Å². The lowest BCUT2D eigenvalue weighted by atomic mass is 9.89. The fourth-order valence-electron chi connectivity index (χ4n) is 1.82. The van der Waals surface area contributed by atoms with Crippen LogP contribution in [-0.2, 0) is 6.54 Å². The van der Waals surface area contributed by atoms with Gasteiger partial charge in [0.25, 0.3) is 5.56 Å². The Labute approximate surface area is 122 Å². The summed E-state index contributed by atoms with van der Waals surface area (Å²) in [5, 5.41) is 17.0. The second-order valence-electron chi connectivity index (χ2n) is 5.79. The monoisotopic (exact) mass is 331 g/mol. The van der Waals surface area contributed by atoms with Crippen LogP contribution in [-0.4, -0.2) is 27.5 Å². The first kappa shape index (κ1) is 16.2. The number of aryl methyl sites for hydroxylation is 1. The Balaban J connectivity index is 2.69. The van der Waals surface area contributed by atoms with Crippen LogP contribution in [0, 0.1) is 5.41 Å². The number of anilines is 1. The molecule has 19 heavy (non-hydrogen) atoms. The second kappa shape index (κ2) is 6.52. The first-order valence-electron chi connectivity index (χ1n) is 6.42. The van der Waals surface area contributed by atoms with Crippen molar-refractivity contribution in [3.05, 3.63) is 21.0 Å². The van der Waals surface area contributed by atoms with E-state index in [0.717, 1.165) is 0 Å². The topological polar surface area (TPSA) is 67.2 Å². The van der Waals surface area contributed by atoms with Gasteiger partial charge in [0.2, 0.25) is 0 Å². The van der Waals surface area contributed by atoms with Gasteiger partial charge in [-0.05, 0) is 34.7 Å². The molecule has 108 valence electrons. The standard InChI is InChI=1S/C13H22BrN3O2/c1-5-17-12(19)11(14)10(8-16-17)15-7-9(18)6-13(2,3)4/h8-9,15,18H,5-7H2,1-4H3. The van der Waals surface area contributed by atoms with Gasteiger partial charge in [-0.25, -0.2) is 4.68 Å². The Bertz CT molecular complexity index is 480. The molecule has 0 aromatic carbocycles. The van der Waals surface area contributed by atoms with Crippen molar-refractivity contribution in [3.8, 4) is 0 Å². The molecule has 5 nitrogen and oxygen atoms in total. The molecule has 1 heterocycles. The first-order valence-corrected chi connectivity index (χ1v) is 7.21. The Morgan fingerprint density at radius 3 is 2.68 bits per heavy atom. The summed E-state index contributed by atoms with van der Waals surface area (Å²) < 4.78 is 1.83. The van der Waals surface area contributed by atoms with E-state index in [1.54, 1.807) is 6.20 Å². The fourth-order valence-corrected chi connectivity index (χ4v) is 2.27. The molecule has 1 rings (SSSR count). The molecule has 0 aliphatic rings. The summed E-state index contributed by atoms with van der Waals surface area (Å²) in [4.78, 5) is 11.8. The van der Waals surface area contributed by atoms with Crippen LogP contribution in [0.1, 0.15) is 34.1 Å². The minimum absolute atomic E-state index is 0.0716. The van der Waals surface area contributed by atoms with E-state index in [2.05, 4.69) is 47.1 Å². The van der Waals surface area contributed by atoms with E-state index >= 15 is 0 Å². The average Bonchev–Trinajstić information content (AvgIpc) is 2.29. The predicted octanol–water partition coefficient (Wildman–Crippen LogP) is 2.23. The van der Waals surface area contributed by atoms with E-state index in [-0.39, 0.29) is 11.0 Å². The second-order valence-corrected chi connectivity index (χ2v) is 6.59. The van der Waals surface area contributed by atoms with Crippen molar-refractivity contribution >= 4 is 21.6 Å². The molecule has 1 unspecified atom stereocenters. The van der Waals surface area contributed by atoms with Crippen molar-refractivity contribution in [2.75, 3.05) is 11.9 Å². The Morgan fingerprint density at radius 1 is 1.53 bits per heavy atom. The third-order valence-electron chi connectivity index (χ3n) is 2.66. The lowest BCUT2D eigenvalue weighted by Gasteiger charge is -2.22. The lowest BCUT2D eigenvalue weighted by molar-refractivity contribution is 0.132. The summed E-state index contributed by atoms with van der Waals surface area (Å²) >= 11 is 3.27. The largest absolute Gasteiger partial charge is 0.391 e. The molecule has 0 aliphatic heterocycles. The van der Waals surface area contributed by atoms with Gasteiger partial charge in [-0.1, -0.05) is 20.8 Å². The molecule has 0 radical (unpaired) electrons. The molecule has 1 aromatic rings. The zero-order valence-electron chi connectivity index (χ0n) is 11.9. The van der Waals surface area contributed by atoms with Gasteiger partial charge in [-0.2, -0.15) is 5.10 Å². The zero-order chi connectivity index (χ0) is 14.6.